The number of amides is 1. The van der Waals surface area contributed by atoms with E-state index in [-0.39, 0.29) is 5.91 Å². The van der Waals surface area contributed by atoms with Gasteiger partial charge in [0.25, 0.3) is 0 Å². The van der Waals surface area contributed by atoms with Crippen molar-refractivity contribution in [3.05, 3.63) is 85.2 Å². The Balaban J connectivity index is 1.81. The molecular weight excluding hydrogens is 348 g/mol. The lowest BCUT2D eigenvalue weighted by atomic mass is 10.0. The van der Waals surface area contributed by atoms with Gasteiger partial charge in [0.2, 0.25) is 5.91 Å². The standard InChI is InChI=1S/C23H18N4O/c1-16(28)26-19-10-8-17(9-11-19)18-14-22(20-6-2-4-12-24-20)27-23(15-18)21-7-3-5-13-25-21/h2-15H,1H3,(H,26,28). The Morgan fingerprint density at radius 3 is 1.75 bits per heavy atom. The van der Waals surface area contributed by atoms with E-state index in [0.717, 1.165) is 39.6 Å². The maximum Gasteiger partial charge on any atom is 0.221 e. The highest BCUT2D eigenvalue weighted by Gasteiger charge is 2.10. The molecule has 4 aromatic rings. The number of hydrogen-bond acceptors (Lipinski definition) is 4. The van der Waals surface area contributed by atoms with Gasteiger partial charge in [0.05, 0.1) is 22.8 Å². The van der Waals surface area contributed by atoms with Crippen LogP contribution in [0.3, 0.4) is 0 Å². The molecular formula is C23H18N4O. The number of nitrogens with one attached hydrogen (secondary N) is 1. The van der Waals surface area contributed by atoms with E-state index in [9.17, 15) is 4.79 Å². The van der Waals surface area contributed by atoms with Crippen molar-refractivity contribution in [1.29, 1.82) is 0 Å². The minimum atomic E-state index is -0.0912. The van der Waals surface area contributed by atoms with Crippen LogP contribution in [-0.4, -0.2) is 20.9 Å². The molecule has 3 heterocycles. The van der Waals surface area contributed by atoms with Gasteiger partial charge in [-0.2, -0.15) is 0 Å². The van der Waals surface area contributed by atoms with Crippen LogP contribution in [0.15, 0.2) is 85.2 Å². The molecule has 4 rings (SSSR count). The Labute approximate surface area is 163 Å². The van der Waals surface area contributed by atoms with Crippen molar-refractivity contribution in [1.82, 2.24) is 15.0 Å². The van der Waals surface area contributed by atoms with Crippen LogP contribution in [0, 0.1) is 0 Å². The van der Waals surface area contributed by atoms with Crippen LogP contribution in [0.1, 0.15) is 6.92 Å². The van der Waals surface area contributed by atoms with Gasteiger partial charge in [-0.25, -0.2) is 4.98 Å². The fourth-order valence-corrected chi connectivity index (χ4v) is 2.94. The van der Waals surface area contributed by atoms with Crippen molar-refractivity contribution in [3.63, 3.8) is 0 Å². The van der Waals surface area contributed by atoms with Gasteiger partial charge in [0, 0.05) is 25.0 Å². The molecule has 3 aromatic heterocycles. The quantitative estimate of drug-likeness (QED) is 0.562. The number of anilines is 1. The van der Waals surface area contributed by atoms with Gasteiger partial charge in [-0.05, 0) is 59.7 Å². The Kier molecular flexibility index (Phi) is 4.89. The number of carbonyl (C=O) groups excluding carboxylic acids is 1. The fourth-order valence-electron chi connectivity index (χ4n) is 2.94. The van der Waals surface area contributed by atoms with Crippen LogP contribution < -0.4 is 5.32 Å². The number of hydrogen-bond donors (Lipinski definition) is 1. The summed E-state index contributed by atoms with van der Waals surface area (Å²) in [5.41, 5.74) is 5.96. The molecule has 0 bridgehead atoms. The van der Waals surface area contributed by atoms with Gasteiger partial charge in [-0.15, -0.1) is 0 Å². The summed E-state index contributed by atoms with van der Waals surface area (Å²) in [5, 5.41) is 2.79. The first-order chi connectivity index (χ1) is 13.7. The van der Waals surface area contributed by atoms with Crippen molar-refractivity contribution in [2.75, 3.05) is 5.32 Å². The molecule has 0 atom stereocenters. The SMILES string of the molecule is CC(=O)Nc1ccc(-c2cc(-c3ccccn3)nc(-c3ccccn3)c2)cc1. The van der Waals surface area contributed by atoms with E-state index in [2.05, 4.69) is 15.3 Å². The van der Waals surface area contributed by atoms with Crippen LogP contribution in [0.5, 0.6) is 0 Å². The molecule has 5 heteroatoms. The van der Waals surface area contributed by atoms with E-state index < -0.39 is 0 Å². The molecule has 0 saturated heterocycles. The molecule has 1 aromatic carbocycles. The summed E-state index contributed by atoms with van der Waals surface area (Å²) in [5.74, 6) is -0.0912. The minimum Gasteiger partial charge on any atom is -0.326 e. The zero-order valence-corrected chi connectivity index (χ0v) is 15.3. The van der Waals surface area contributed by atoms with E-state index in [0.29, 0.717) is 0 Å². The van der Waals surface area contributed by atoms with E-state index in [1.165, 1.54) is 6.92 Å². The third kappa shape index (κ3) is 3.94. The summed E-state index contributed by atoms with van der Waals surface area (Å²) in [7, 11) is 0. The van der Waals surface area contributed by atoms with Crippen LogP contribution in [-0.2, 0) is 4.79 Å². The Hall–Kier alpha value is -3.86. The lowest BCUT2D eigenvalue weighted by Crippen LogP contribution is -2.05. The van der Waals surface area contributed by atoms with Crippen molar-refractivity contribution >= 4 is 11.6 Å². The second-order valence-corrected chi connectivity index (χ2v) is 6.31. The second-order valence-electron chi connectivity index (χ2n) is 6.31. The largest absolute Gasteiger partial charge is 0.326 e. The molecule has 0 aliphatic heterocycles. The van der Waals surface area contributed by atoms with E-state index in [4.69, 9.17) is 4.98 Å². The van der Waals surface area contributed by atoms with Crippen molar-refractivity contribution in [2.24, 2.45) is 0 Å². The average molecular weight is 366 g/mol. The predicted octanol–water partition coefficient (Wildman–Crippen LogP) is 4.83. The number of benzene rings is 1. The van der Waals surface area contributed by atoms with Crippen LogP contribution in [0.2, 0.25) is 0 Å². The Bertz CT molecular complexity index is 1040. The maximum atomic E-state index is 11.2. The lowest BCUT2D eigenvalue weighted by Gasteiger charge is -2.10. The van der Waals surface area contributed by atoms with Crippen LogP contribution in [0.25, 0.3) is 33.9 Å². The Morgan fingerprint density at radius 1 is 0.714 bits per heavy atom. The highest BCUT2D eigenvalue weighted by molar-refractivity contribution is 5.89. The van der Waals surface area contributed by atoms with E-state index >= 15 is 0 Å². The van der Waals surface area contributed by atoms with Gasteiger partial charge >= 0.3 is 0 Å². The average Bonchev–Trinajstić information content (AvgIpc) is 2.75. The molecule has 1 amide bonds. The molecule has 0 fully saturated rings. The second kappa shape index (κ2) is 7.80. The smallest absolute Gasteiger partial charge is 0.221 e. The summed E-state index contributed by atoms with van der Waals surface area (Å²) in [6.45, 7) is 1.50. The maximum absolute atomic E-state index is 11.2. The number of pyridine rings is 3. The molecule has 0 aliphatic rings. The highest BCUT2D eigenvalue weighted by Crippen LogP contribution is 2.29. The number of rotatable bonds is 4. The van der Waals surface area contributed by atoms with E-state index in [1.54, 1.807) is 12.4 Å². The monoisotopic (exact) mass is 366 g/mol. The first-order valence-electron chi connectivity index (χ1n) is 8.92. The van der Waals surface area contributed by atoms with Gasteiger partial charge in [0.1, 0.15) is 0 Å². The molecule has 0 aliphatic carbocycles. The first-order valence-corrected chi connectivity index (χ1v) is 8.92. The number of nitrogens with zero attached hydrogens (tertiary/aromatic N) is 3. The summed E-state index contributed by atoms with van der Waals surface area (Å²) in [6.07, 6.45) is 3.51. The Morgan fingerprint density at radius 2 is 1.29 bits per heavy atom. The predicted molar refractivity (Wildman–Crippen MR) is 110 cm³/mol. The summed E-state index contributed by atoms with van der Waals surface area (Å²) in [6, 6.07) is 23.3. The molecule has 0 unspecified atom stereocenters. The zero-order chi connectivity index (χ0) is 19.3. The number of aromatic nitrogens is 3. The summed E-state index contributed by atoms with van der Waals surface area (Å²) < 4.78 is 0. The third-order valence-electron chi connectivity index (χ3n) is 4.22. The molecule has 1 N–H and O–H groups in total. The van der Waals surface area contributed by atoms with E-state index in [1.807, 2.05) is 72.8 Å². The minimum absolute atomic E-state index is 0.0912. The molecule has 136 valence electrons. The molecule has 28 heavy (non-hydrogen) atoms. The third-order valence-corrected chi connectivity index (χ3v) is 4.22. The summed E-state index contributed by atoms with van der Waals surface area (Å²) in [4.78, 5) is 24.9. The van der Waals surface area contributed by atoms with Crippen LogP contribution in [0.4, 0.5) is 5.69 Å². The van der Waals surface area contributed by atoms with Gasteiger partial charge in [-0.1, -0.05) is 24.3 Å². The molecule has 0 spiro atoms. The van der Waals surface area contributed by atoms with Crippen molar-refractivity contribution in [2.45, 2.75) is 6.92 Å². The normalized spacial score (nSPS) is 10.5. The summed E-state index contributed by atoms with van der Waals surface area (Å²) >= 11 is 0. The van der Waals surface area contributed by atoms with Gasteiger partial charge in [-0.3, -0.25) is 14.8 Å². The fraction of sp³-hybridized carbons (Fsp3) is 0.0435. The van der Waals surface area contributed by atoms with Gasteiger partial charge in [0.15, 0.2) is 0 Å². The van der Waals surface area contributed by atoms with Gasteiger partial charge < -0.3 is 5.32 Å². The van der Waals surface area contributed by atoms with Crippen molar-refractivity contribution in [3.8, 4) is 33.9 Å². The molecule has 5 nitrogen and oxygen atoms in total. The number of carbonyl (C=O) groups is 1. The molecule has 0 radical (unpaired) electrons. The van der Waals surface area contributed by atoms with Crippen molar-refractivity contribution < 1.29 is 4.79 Å². The zero-order valence-electron chi connectivity index (χ0n) is 15.3. The molecule has 0 saturated carbocycles. The first kappa shape index (κ1) is 17.5. The lowest BCUT2D eigenvalue weighted by molar-refractivity contribution is -0.114. The van der Waals surface area contributed by atoms with Crippen LogP contribution >= 0.6 is 0 Å². The highest BCUT2D eigenvalue weighted by atomic mass is 16.1. The topological polar surface area (TPSA) is 67.8 Å².